The molecule has 642 valence electrons. The van der Waals surface area contributed by atoms with Crippen LogP contribution in [0.25, 0.3) is 49.9 Å². The highest BCUT2D eigenvalue weighted by atomic mass is 127. The molecular formula is C93H106B2Br2IN13O10S2. The molecule has 0 spiro atoms. The van der Waals surface area contributed by atoms with E-state index in [1.807, 2.05) is 56.4 Å². The normalized spacial score (nSPS) is 16.4. The van der Waals surface area contributed by atoms with E-state index in [0.717, 1.165) is 172 Å². The molecule has 0 atom stereocenters. The first-order valence-electron chi connectivity index (χ1n) is 41.5. The van der Waals surface area contributed by atoms with Crippen molar-refractivity contribution in [2.24, 2.45) is 11.5 Å². The van der Waals surface area contributed by atoms with Gasteiger partial charge in [0.2, 0.25) is 11.8 Å². The summed E-state index contributed by atoms with van der Waals surface area (Å²) in [6, 6.07) is 58.9. The van der Waals surface area contributed by atoms with E-state index < -0.39 is 39.0 Å². The number of nitrogens with zero attached hydrogens (tertiary/aromatic N) is 11. The number of aromatic nitrogens is 5. The number of fused-ring (bicyclic) bond motifs is 3. The van der Waals surface area contributed by atoms with E-state index in [0.29, 0.717) is 27.9 Å². The highest BCUT2D eigenvalue weighted by molar-refractivity contribution is 14.1. The standard InChI is InChI=1S/C27H28N4O.C26H27BrN4O2S.C18H29BN2O2.C14H10BrIN2O2S.C7H8BNO3.CH4/c1-30-12-14-31(15-13-30)18-19-2-4-21(5-3-19)24-10-11-26-25(24)16-23(17-29-26)20-6-8-22(9-7-20)27(28)32;1-19-3-9-23(10-4-19)34(32,33)31-18-25(24-15-22(27)16-28-26(24)31)21-7-5-20(6-8-21)17-30-13-11-29(2)12-14-30;1-17(2)18(3,4)23-19(22-17)16-8-6-15(7-9-16)14-21-12-10-20(5)11-13-21;1-9-2-4-11(5-3-9)21(19,20)18-8-13(16)12-6-10(15)7-17-14(12)18;9-7(10)5-1-3-6(4-2-5)8(11)12;/h2-10,16-17H,11-15,18H2,1H3,(H2,28,32);3-10,15-16,18H,11-14,17H2,1-2H3;6-9H,10-14H2,1-5H3;2-8H,1H3;1-4,11-12H,(H2,9,10);1H4/i;;;;;1D. The van der Waals surface area contributed by atoms with Gasteiger partial charge in [0, 0.05) is 188 Å². The molecule has 4 fully saturated rings. The summed E-state index contributed by atoms with van der Waals surface area (Å²) in [6.07, 6.45) is 11.6. The predicted octanol–water partition coefficient (Wildman–Crippen LogP) is 13.1. The monoisotopic (exact) mass is 1940 g/mol. The third kappa shape index (κ3) is 23.0. The summed E-state index contributed by atoms with van der Waals surface area (Å²) in [4.78, 5) is 50.5. The number of hydrogen-bond acceptors (Lipinski definition) is 19. The van der Waals surface area contributed by atoms with Gasteiger partial charge in [-0.3, -0.25) is 29.3 Å². The summed E-state index contributed by atoms with van der Waals surface area (Å²) < 4.78 is 75.5. The average Bonchev–Trinajstić information content (AvgIpc) is 1.60. The molecule has 23 nitrogen and oxygen atoms in total. The van der Waals surface area contributed by atoms with Gasteiger partial charge in [-0.2, -0.15) is 0 Å². The van der Waals surface area contributed by atoms with Crippen molar-refractivity contribution in [2.45, 2.75) is 96.0 Å². The smallest absolute Gasteiger partial charge is 0.423 e. The van der Waals surface area contributed by atoms with Crippen LogP contribution in [0.4, 0.5) is 0 Å². The third-order valence-corrected chi connectivity index (χ3v) is 28.1. The highest BCUT2D eigenvalue weighted by Gasteiger charge is 2.51. The molecule has 0 unspecified atom stereocenters. The molecule has 0 saturated carbocycles. The van der Waals surface area contributed by atoms with Crippen molar-refractivity contribution in [3.8, 4) is 22.3 Å². The highest BCUT2D eigenvalue weighted by Crippen LogP contribution is 2.39. The summed E-state index contributed by atoms with van der Waals surface area (Å²) >= 11 is 8.96. The molecule has 7 aromatic carbocycles. The van der Waals surface area contributed by atoms with Crippen molar-refractivity contribution >= 4 is 139 Å². The molecular weight excluding hydrogens is 1830 g/mol. The number of halogens is 3. The quantitative estimate of drug-likeness (QED) is 0.0487. The lowest BCUT2D eigenvalue weighted by atomic mass is 9.79. The van der Waals surface area contributed by atoms with E-state index in [-0.39, 0.29) is 28.1 Å². The lowest BCUT2D eigenvalue weighted by Crippen LogP contribution is -2.43. The van der Waals surface area contributed by atoms with E-state index >= 15 is 0 Å². The van der Waals surface area contributed by atoms with Crippen LogP contribution in [-0.4, -0.2) is 216 Å². The molecule has 123 heavy (non-hydrogen) atoms. The molecule has 1 aliphatic carbocycles. The fourth-order valence-electron chi connectivity index (χ4n) is 14.7. The van der Waals surface area contributed by atoms with Crippen LogP contribution in [0.1, 0.15) is 102 Å². The number of hydrogen-bond donors (Lipinski definition) is 4. The van der Waals surface area contributed by atoms with Crippen molar-refractivity contribution in [1.29, 1.82) is 0 Å². The number of allylic oxidation sites excluding steroid dienone is 1. The fourth-order valence-corrected chi connectivity index (χ4v) is 18.9. The summed E-state index contributed by atoms with van der Waals surface area (Å²) in [5, 5.41) is 19.0. The Balaban J connectivity index is 0.000000145. The number of rotatable bonds is 17. The molecule has 12 aromatic rings. The zero-order chi connectivity index (χ0) is 89.0. The van der Waals surface area contributed by atoms with Gasteiger partial charge in [0.25, 0.3) is 20.0 Å². The number of benzene rings is 7. The first-order chi connectivity index (χ1) is 59.1. The largest absolute Gasteiger partial charge is 0.494 e. The van der Waals surface area contributed by atoms with E-state index in [1.165, 1.54) is 73.0 Å². The van der Waals surface area contributed by atoms with Crippen LogP contribution < -0.4 is 22.4 Å². The maximum Gasteiger partial charge on any atom is 0.494 e. The lowest BCUT2D eigenvalue weighted by Gasteiger charge is -2.32. The van der Waals surface area contributed by atoms with E-state index in [1.54, 1.807) is 73.3 Å². The van der Waals surface area contributed by atoms with Crippen LogP contribution in [0.5, 0.6) is 0 Å². The second-order valence-electron chi connectivity index (χ2n) is 32.6. The zero-order valence-electron chi connectivity index (χ0n) is 72.0. The van der Waals surface area contributed by atoms with Gasteiger partial charge in [0.15, 0.2) is 11.3 Å². The molecule has 30 heteroatoms. The Bertz CT molecular complexity index is 5940. The van der Waals surface area contributed by atoms with Gasteiger partial charge in [-0.05, 0) is 234 Å². The van der Waals surface area contributed by atoms with Gasteiger partial charge in [-0.25, -0.2) is 34.7 Å². The molecule has 5 aliphatic rings. The lowest BCUT2D eigenvalue weighted by molar-refractivity contribution is 0.00578. The van der Waals surface area contributed by atoms with Gasteiger partial charge >= 0.3 is 14.2 Å². The van der Waals surface area contributed by atoms with Gasteiger partial charge in [-0.1, -0.05) is 146 Å². The molecule has 4 saturated heterocycles. The maximum atomic E-state index is 13.5. The molecule has 17 rings (SSSR count). The van der Waals surface area contributed by atoms with Crippen LogP contribution in [0.15, 0.2) is 244 Å². The summed E-state index contributed by atoms with van der Waals surface area (Å²) in [7, 11) is -1.41. The van der Waals surface area contributed by atoms with Crippen molar-refractivity contribution in [3.63, 3.8) is 0 Å². The maximum absolute atomic E-state index is 13.5. The van der Waals surface area contributed by atoms with Crippen molar-refractivity contribution < 1.29 is 47.2 Å². The summed E-state index contributed by atoms with van der Waals surface area (Å²) in [6.45, 7) is 28.7. The second kappa shape index (κ2) is 40.6. The predicted molar refractivity (Wildman–Crippen MR) is 508 cm³/mol. The molecule has 2 amide bonds. The Morgan fingerprint density at radius 3 is 1.33 bits per heavy atom. The van der Waals surface area contributed by atoms with Gasteiger partial charge in [0.1, 0.15) is 0 Å². The van der Waals surface area contributed by atoms with Gasteiger partial charge in [0.05, 0.1) is 26.7 Å². The SMILES string of the molecule is CN1CCN(Cc2ccc(B3OC(C)(C)C(C)(C)O3)cc2)CC1.CN1CCN(Cc2ccc(C3=CCc4ncc(-c5ccc(C(N)=O)cc5)cc43)cc2)CC1.Cc1ccc(S(=O)(=O)n2cc(-c3ccc(CN4CCN(C)CC4)cc3)c3cc(Br)cnc32)cc1.Cc1ccc(S(=O)(=O)n2cc(I)c3cc(Br)cnc32)cc1.NC(=O)c1ccc(B(O)O)cc1.[2H]C. The topological polar surface area (TPSA) is 281 Å². The molecule has 6 N–H and O–H groups in total. The molecule has 0 radical (unpaired) electrons. The number of carbonyl (C=O) groups excluding carboxylic acids is 2. The number of aryl methyl sites for hydroxylation is 2. The Kier molecular flexibility index (Phi) is 30.3. The number of pyridine rings is 3. The van der Waals surface area contributed by atoms with Gasteiger partial charge in [-0.15, -0.1) is 0 Å². The molecule has 0 bridgehead atoms. The third-order valence-electron chi connectivity index (χ3n) is 23.1. The van der Waals surface area contributed by atoms with E-state index in [2.05, 4.69) is 228 Å². The van der Waals surface area contributed by atoms with E-state index in [4.69, 9.17) is 37.2 Å². The molecule has 9 heterocycles. The number of nitrogens with two attached hydrogens (primary N) is 2. The van der Waals surface area contributed by atoms with Crippen molar-refractivity contribution in [2.75, 3.05) is 99.7 Å². The number of carbonyl (C=O) groups is 2. The summed E-state index contributed by atoms with van der Waals surface area (Å²) in [5.74, 6) is -0.945. The molecule has 5 aromatic heterocycles. The number of primary amides is 2. The zero-order valence-corrected chi connectivity index (χ0v) is 78.0. The Morgan fingerprint density at radius 2 is 0.894 bits per heavy atom. The van der Waals surface area contributed by atoms with Crippen LogP contribution in [0.2, 0.25) is 0 Å². The first kappa shape index (κ1) is 91.8. The minimum atomic E-state index is -3.79. The number of piperazine rings is 3. The average molecular weight is 1940 g/mol. The van der Waals surface area contributed by atoms with Crippen molar-refractivity contribution in [1.82, 2.24) is 52.3 Å². The second-order valence-corrected chi connectivity index (χ2v) is 39.2. The Hall–Kier alpha value is -8.93. The van der Waals surface area contributed by atoms with Gasteiger partial charge < -0.3 is 45.5 Å². The number of amides is 2. The fraction of sp³-hybridized carbons (Fsp3) is 0.301. The van der Waals surface area contributed by atoms with Crippen LogP contribution in [0.3, 0.4) is 0 Å². The Labute approximate surface area is 755 Å². The van der Waals surface area contributed by atoms with Crippen LogP contribution >= 0.6 is 54.5 Å². The van der Waals surface area contributed by atoms with Crippen LogP contribution in [-0.2, 0) is 55.4 Å². The minimum absolute atomic E-state index is 0.244. The summed E-state index contributed by atoms with van der Waals surface area (Å²) in [5.41, 5.74) is 27.6. The van der Waals surface area contributed by atoms with Crippen LogP contribution in [0, 0.1) is 17.4 Å². The first-order valence-corrected chi connectivity index (χ1v) is 46.0. The number of likely N-dealkylation sites (N-methyl/N-ethyl adjacent to an activating group) is 3. The minimum Gasteiger partial charge on any atom is -0.423 e. The van der Waals surface area contributed by atoms with E-state index in [9.17, 15) is 26.4 Å². The Morgan fingerprint density at radius 1 is 0.504 bits per heavy atom. The molecule has 4 aliphatic heterocycles. The van der Waals surface area contributed by atoms with Crippen molar-refractivity contribution in [3.05, 3.63) is 293 Å².